The van der Waals surface area contributed by atoms with Gasteiger partial charge in [0.1, 0.15) is 0 Å². The highest BCUT2D eigenvalue weighted by atomic mass is 35.7. The topological polar surface area (TPSA) is 121 Å². The number of nitrogens with zero attached hydrogens (tertiary/aromatic N) is 2. The highest BCUT2D eigenvalue weighted by molar-refractivity contribution is 5.72. The molecule has 0 unspecified atom stereocenters. The van der Waals surface area contributed by atoms with Crippen molar-refractivity contribution >= 4 is 5.69 Å². The molecule has 8 heteroatoms. The number of anilines is 1. The number of rotatable bonds is 2. The SMILES string of the molecule is CNc1cc[n+](C)nc1-c1ccccc1.[O-][Cl+3]([O-])([O-])[O-]. The van der Waals surface area contributed by atoms with Gasteiger partial charge in [-0.15, -0.1) is 10.2 Å². The maximum Gasteiger partial charge on any atom is 0.198 e. The standard InChI is InChI=1S/C12H13N3.ClHO4/c1-13-11-8-9-15(2)14-12(11)10-6-4-3-5-7-10;2-1(3,4)5/h3-9H,1-2H3;(H,2,3,4,5). The van der Waals surface area contributed by atoms with Crippen LogP contribution in [0.4, 0.5) is 5.69 Å². The molecule has 1 aromatic carbocycles. The smallest absolute Gasteiger partial charge is 0.198 e. The third-order valence-electron chi connectivity index (χ3n) is 2.29. The number of benzene rings is 1. The van der Waals surface area contributed by atoms with Gasteiger partial charge in [0, 0.05) is 23.8 Å². The molecular weight excluding hydrogens is 286 g/mol. The highest BCUT2D eigenvalue weighted by Gasteiger charge is 2.09. The maximum atomic E-state index is 8.49. The molecule has 0 radical (unpaired) electrons. The minimum Gasteiger partial charge on any atom is -0.386 e. The molecule has 0 amide bonds. The Morgan fingerprint density at radius 3 is 2.10 bits per heavy atom. The number of hydrogen-bond donors (Lipinski definition) is 1. The van der Waals surface area contributed by atoms with Crippen molar-refractivity contribution in [3.63, 3.8) is 0 Å². The van der Waals surface area contributed by atoms with E-state index in [9.17, 15) is 0 Å². The van der Waals surface area contributed by atoms with Crippen molar-refractivity contribution in [1.29, 1.82) is 0 Å². The van der Waals surface area contributed by atoms with E-state index in [1.54, 1.807) is 0 Å². The molecule has 108 valence electrons. The molecule has 1 N–H and O–H groups in total. The lowest BCUT2D eigenvalue weighted by Gasteiger charge is -2.17. The first kappa shape index (κ1) is 16.3. The highest BCUT2D eigenvalue weighted by Crippen LogP contribution is 2.22. The molecule has 0 bridgehead atoms. The second-order valence-corrected chi connectivity index (χ2v) is 4.50. The summed E-state index contributed by atoms with van der Waals surface area (Å²) in [7, 11) is -1.12. The number of hydrogen-bond acceptors (Lipinski definition) is 6. The van der Waals surface area contributed by atoms with Gasteiger partial charge in [-0.25, -0.2) is 18.6 Å². The van der Waals surface area contributed by atoms with E-state index >= 15 is 0 Å². The average Bonchev–Trinajstić information content (AvgIpc) is 2.38. The second kappa shape index (κ2) is 7.13. The largest absolute Gasteiger partial charge is 0.386 e. The zero-order chi connectivity index (χ0) is 15.2. The Morgan fingerprint density at radius 2 is 1.60 bits per heavy atom. The van der Waals surface area contributed by atoms with Crippen molar-refractivity contribution in [2.75, 3.05) is 12.4 Å². The average molecular weight is 300 g/mol. The predicted molar refractivity (Wildman–Crippen MR) is 60.4 cm³/mol. The summed E-state index contributed by atoms with van der Waals surface area (Å²) in [5.74, 6) is 0. The molecule has 1 heterocycles. The van der Waals surface area contributed by atoms with Crippen molar-refractivity contribution in [1.82, 2.24) is 5.10 Å². The van der Waals surface area contributed by atoms with Crippen LogP contribution in [0, 0.1) is 10.2 Å². The van der Waals surface area contributed by atoms with Crippen LogP contribution in [-0.2, 0) is 7.05 Å². The fourth-order valence-corrected chi connectivity index (χ4v) is 1.52. The van der Waals surface area contributed by atoms with Crippen LogP contribution in [0.5, 0.6) is 0 Å². The number of halogens is 1. The zero-order valence-electron chi connectivity index (χ0n) is 10.9. The van der Waals surface area contributed by atoms with Crippen LogP contribution in [0.2, 0.25) is 0 Å². The molecule has 1 aromatic heterocycles. The Bertz CT molecular complexity index is 540. The summed E-state index contributed by atoms with van der Waals surface area (Å²) in [6.45, 7) is 0. The lowest BCUT2D eigenvalue weighted by Crippen LogP contribution is -2.68. The first-order valence-corrected chi connectivity index (χ1v) is 6.76. The number of aryl methyl sites for hydroxylation is 1. The second-order valence-electron chi connectivity index (χ2n) is 3.75. The van der Waals surface area contributed by atoms with Gasteiger partial charge in [-0.1, -0.05) is 35.0 Å². The lowest BCUT2D eigenvalue weighted by molar-refractivity contribution is -2.00. The summed E-state index contributed by atoms with van der Waals surface area (Å²) >= 11 is 0. The zero-order valence-corrected chi connectivity index (χ0v) is 11.7. The van der Waals surface area contributed by atoms with E-state index in [-0.39, 0.29) is 0 Å². The molecule has 0 saturated carbocycles. The molecule has 0 fully saturated rings. The molecule has 0 aliphatic rings. The van der Waals surface area contributed by atoms with E-state index in [4.69, 9.17) is 18.6 Å². The summed E-state index contributed by atoms with van der Waals surface area (Å²) in [5, 5.41) is 7.61. The number of aromatic nitrogens is 2. The Balaban J connectivity index is 0.000000347. The third-order valence-corrected chi connectivity index (χ3v) is 2.29. The van der Waals surface area contributed by atoms with Gasteiger partial charge >= 0.3 is 0 Å². The fourth-order valence-electron chi connectivity index (χ4n) is 1.52. The fraction of sp³-hybridized carbons (Fsp3) is 0.167. The van der Waals surface area contributed by atoms with Gasteiger partial charge in [-0.3, -0.25) is 0 Å². The molecule has 20 heavy (non-hydrogen) atoms. The molecular formula is C12H14ClN3O4. The minimum absolute atomic E-state index is 0.975. The quantitative estimate of drug-likeness (QED) is 0.585. The first-order chi connectivity index (χ1) is 9.31. The van der Waals surface area contributed by atoms with Crippen LogP contribution in [0.3, 0.4) is 0 Å². The third kappa shape index (κ3) is 5.91. The monoisotopic (exact) mass is 299 g/mol. The molecule has 0 aliphatic heterocycles. The van der Waals surface area contributed by atoms with Crippen LogP contribution in [-0.4, -0.2) is 12.1 Å². The molecule has 2 aromatic rings. The summed E-state index contributed by atoms with van der Waals surface area (Å²) < 4.78 is 35.8. The van der Waals surface area contributed by atoms with Crippen molar-refractivity contribution in [2.45, 2.75) is 0 Å². The van der Waals surface area contributed by atoms with Gasteiger partial charge in [0.2, 0.25) is 0 Å². The van der Waals surface area contributed by atoms with E-state index in [2.05, 4.69) is 22.5 Å². The van der Waals surface area contributed by atoms with E-state index in [0.717, 1.165) is 16.9 Å². The summed E-state index contributed by atoms with van der Waals surface area (Å²) in [6.07, 6.45) is 1.93. The van der Waals surface area contributed by atoms with Gasteiger partial charge < -0.3 is 5.32 Å². The van der Waals surface area contributed by atoms with Crippen LogP contribution >= 0.6 is 0 Å². The van der Waals surface area contributed by atoms with Crippen molar-refractivity contribution < 1.29 is 33.6 Å². The Hall–Kier alpha value is -1.77. The van der Waals surface area contributed by atoms with Crippen LogP contribution in [0.25, 0.3) is 11.3 Å². The summed E-state index contributed by atoms with van der Waals surface area (Å²) in [4.78, 5) is 0. The molecule has 0 atom stereocenters. The van der Waals surface area contributed by atoms with Gasteiger partial charge in [0.25, 0.3) is 0 Å². The predicted octanol–water partition coefficient (Wildman–Crippen LogP) is -3.14. The van der Waals surface area contributed by atoms with Crippen molar-refractivity contribution in [2.24, 2.45) is 7.05 Å². The Labute approximate surface area is 118 Å². The molecule has 0 aliphatic carbocycles. The first-order valence-electron chi connectivity index (χ1n) is 5.53. The summed E-state index contributed by atoms with van der Waals surface area (Å²) in [5.41, 5.74) is 3.14. The minimum atomic E-state index is -4.94. The maximum absolute atomic E-state index is 8.49. The molecule has 7 nitrogen and oxygen atoms in total. The van der Waals surface area contributed by atoms with E-state index in [1.807, 2.05) is 49.2 Å². The van der Waals surface area contributed by atoms with E-state index < -0.39 is 10.2 Å². The molecule has 0 spiro atoms. The Kier molecular flexibility index (Phi) is 5.81. The summed E-state index contributed by atoms with van der Waals surface area (Å²) in [6, 6.07) is 12.2. The van der Waals surface area contributed by atoms with Crippen LogP contribution < -0.4 is 28.6 Å². The van der Waals surface area contributed by atoms with Gasteiger partial charge in [0.15, 0.2) is 18.9 Å². The molecule has 2 rings (SSSR count). The number of nitrogens with one attached hydrogen (secondary N) is 1. The van der Waals surface area contributed by atoms with E-state index in [1.165, 1.54) is 0 Å². The van der Waals surface area contributed by atoms with Crippen molar-refractivity contribution in [3.05, 3.63) is 42.6 Å². The molecule has 0 saturated heterocycles. The normalized spacial score (nSPS) is 10.5. The van der Waals surface area contributed by atoms with Crippen molar-refractivity contribution in [3.8, 4) is 11.3 Å². The lowest BCUT2D eigenvalue weighted by atomic mass is 10.1. The Morgan fingerprint density at radius 1 is 1.05 bits per heavy atom. The van der Waals surface area contributed by atoms with Gasteiger partial charge in [0.05, 0.1) is 5.69 Å². The van der Waals surface area contributed by atoms with Crippen LogP contribution in [0.15, 0.2) is 42.6 Å². The van der Waals surface area contributed by atoms with Gasteiger partial charge in [-0.05, 0) is 0 Å². The van der Waals surface area contributed by atoms with Crippen LogP contribution in [0.1, 0.15) is 0 Å². The van der Waals surface area contributed by atoms with E-state index in [0.29, 0.717) is 0 Å². The van der Waals surface area contributed by atoms with Gasteiger partial charge in [-0.2, -0.15) is 0 Å².